The number of nitrogens with zero attached hydrogens (tertiary/aromatic N) is 2. The van der Waals surface area contributed by atoms with Crippen LogP contribution in [0.4, 0.5) is 5.13 Å². The molecule has 2 aromatic rings. The Morgan fingerprint density at radius 3 is 2.68 bits per heavy atom. The molecule has 6 nitrogen and oxygen atoms in total. The van der Waals surface area contributed by atoms with Crippen LogP contribution in [0, 0.1) is 0 Å². The van der Waals surface area contributed by atoms with Crippen LogP contribution < -0.4 is 10.6 Å². The second-order valence-electron chi connectivity index (χ2n) is 7.62. The van der Waals surface area contributed by atoms with Gasteiger partial charge in [0.2, 0.25) is 11.8 Å². The van der Waals surface area contributed by atoms with E-state index in [1.807, 2.05) is 18.2 Å². The Labute approximate surface area is 170 Å². The van der Waals surface area contributed by atoms with E-state index in [9.17, 15) is 9.59 Å². The lowest BCUT2D eigenvalue weighted by Gasteiger charge is -2.27. The molecule has 2 N–H and O–H groups in total. The minimum atomic E-state index is -0.131. The number of nitrogens with one attached hydrogen (secondary N) is 2. The lowest BCUT2D eigenvalue weighted by molar-refractivity contribution is -0.120. The van der Waals surface area contributed by atoms with E-state index >= 15 is 0 Å². The summed E-state index contributed by atoms with van der Waals surface area (Å²) in [4.78, 5) is 30.4. The fourth-order valence-electron chi connectivity index (χ4n) is 3.67. The second-order valence-corrected chi connectivity index (χ2v) is 8.65. The quantitative estimate of drug-likeness (QED) is 0.742. The third-order valence-corrected chi connectivity index (χ3v) is 6.18. The highest BCUT2D eigenvalue weighted by Gasteiger charge is 2.15. The van der Waals surface area contributed by atoms with Crippen LogP contribution in [-0.4, -0.2) is 47.4 Å². The van der Waals surface area contributed by atoms with Crippen LogP contribution in [-0.2, 0) is 16.0 Å². The molecule has 28 heavy (non-hydrogen) atoms. The zero-order valence-corrected chi connectivity index (χ0v) is 17.6. The van der Waals surface area contributed by atoms with Crippen molar-refractivity contribution in [3.8, 4) is 0 Å². The van der Waals surface area contributed by atoms with E-state index in [-0.39, 0.29) is 11.8 Å². The van der Waals surface area contributed by atoms with Crippen LogP contribution in [0.2, 0.25) is 0 Å². The highest BCUT2D eigenvalue weighted by Crippen LogP contribution is 2.27. The summed E-state index contributed by atoms with van der Waals surface area (Å²) >= 11 is 1.43. The Morgan fingerprint density at radius 2 is 1.96 bits per heavy atom. The molecular formula is C21H30N4O2S. The third kappa shape index (κ3) is 6.01. The molecule has 1 aromatic carbocycles. The maximum absolute atomic E-state index is 12.3. The van der Waals surface area contributed by atoms with Crippen LogP contribution in [0.1, 0.15) is 51.5 Å². The standard InChI is InChI=1S/C21H30N4O2S/c1-15(25-11-5-3-4-6-12-25)9-10-22-20(27)14-17-7-8-18-19(13-17)28-21(24-18)23-16(2)26/h7-8,13,15H,3-6,9-12,14H2,1-2H3,(H,22,27)(H,23,24,26). The highest BCUT2D eigenvalue weighted by molar-refractivity contribution is 7.22. The number of thiazole rings is 1. The molecule has 1 unspecified atom stereocenters. The number of hydrogen-bond donors (Lipinski definition) is 2. The van der Waals surface area contributed by atoms with Crippen LogP contribution in [0.15, 0.2) is 18.2 Å². The first-order chi connectivity index (χ1) is 13.5. The van der Waals surface area contributed by atoms with E-state index in [0.29, 0.717) is 24.1 Å². The van der Waals surface area contributed by atoms with E-state index < -0.39 is 0 Å². The summed E-state index contributed by atoms with van der Waals surface area (Å²) in [6.45, 7) is 6.82. The van der Waals surface area contributed by atoms with E-state index in [4.69, 9.17) is 0 Å². The summed E-state index contributed by atoms with van der Waals surface area (Å²) in [5.41, 5.74) is 1.80. The summed E-state index contributed by atoms with van der Waals surface area (Å²) in [5.74, 6) is -0.0814. The number of carbonyl (C=O) groups excluding carboxylic acids is 2. The van der Waals surface area contributed by atoms with Gasteiger partial charge in [-0.15, -0.1) is 0 Å². The fraction of sp³-hybridized carbons (Fsp3) is 0.571. The molecule has 2 heterocycles. The van der Waals surface area contributed by atoms with Crippen molar-refractivity contribution in [1.82, 2.24) is 15.2 Å². The van der Waals surface area contributed by atoms with Gasteiger partial charge in [-0.1, -0.05) is 30.2 Å². The van der Waals surface area contributed by atoms with E-state index in [2.05, 4.69) is 27.4 Å². The van der Waals surface area contributed by atoms with Gasteiger partial charge in [0.25, 0.3) is 0 Å². The van der Waals surface area contributed by atoms with Crippen molar-refractivity contribution in [2.24, 2.45) is 0 Å². The summed E-state index contributed by atoms with van der Waals surface area (Å²) in [6, 6.07) is 6.33. The largest absolute Gasteiger partial charge is 0.356 e. The molecule has 152 valence electrons. The number of aromatic nitrogens is 1. The number of benzene rings is 1. The van der Waals surface area contributed by atoms with Gasteiger partial charge >= 0.3 is 0 Å². The smallest absolute Gasteiger partial charge is 0.224 e. The Bertz CT molecular complexity index is 812. The molecule has 1 fully saturated rings. The second kappa shape index (κ2) is 9.98. The lowest BCUT2D eigenvalue weighted by atomic mass is 10.1. The molecule has 1 aliphatic rings. The van der Waals surface area contributed by atoms with Crippen LogP contribution >= 0.6 is 11.3 Å². The summed E-state index contributed by atoms with van der Waals surface area (Å²) in [7, 11) is 0. The van der Waals surface area contributed by atoms with Gasteiger partial charge in [-0.2, -0.15) is 0 Å². The van der Waals surface area contributed by atoms with Crippen molar-refractivity contribution in [1.29, 1.82) is 0 Å². The molecule has 1 aliphatic heterocycles. The number of rotatable bonds is 7. The zero-order valence-electron chi connectivity index (χ0n) is 16.8. The number of fused-ring (bicyclic) bond motifs is 1. The van der Waals surface area contributed by atoms with Crippen molar-refractivity contribution in [2.45, 2.75) is 58.4 Å². The molecule has 0 saturated carbocycles. The molecule has 0 spiro atoms. The van der Waals surface area contributed by atoms with Crippen LogP contribution in [0.5, 0.6) is 0 Å². The van der Waals surface area contributed by atoms with Crippen molar-refractivity contribution >= 4 is 38.5 Å². The molecule has 2 amide bonds. The van der Waals surface area contributed by atoms with Gasteiger partial charge in [0.05, 0.1) is 16.6 Å². The van der Waals surface area contributed by atoms with E-state index in [1.165, 1.54) is 57.0 Å². The average molecular weight is 403 g/mol. The Kier molecular flexibility index (Phi) is 7.39. The fourth-order valence-corrected chi connectivity index (χ4v) is 4.65. The van der Waals surface area contributed by atoms with Crippen molar-refractivity contribution < 1.29 is 9.59 Å². The molecule has 1 aromatic heterocycles. The Hall–Kier alpha value is -1.99. The van der Waals surface area contributed by atoms with Gasteiger partial charge in [-0.3, -0.25) is 9.59 Å². The molecule has 3 rings (SSSR count). The van der Waals surface area contributed by atoms with Crippen molar-refractivity contribution in [3.05, 3.63) is 23.8 Å². The minimum Gasteiger partial charge on any atom is -0.356 e. The van der Waals surface area contributed by atoms with Gasteiger partial charge in [0.1, 0.15) is 0 Å². The molecule has 0 aliphatic carbocycles. The van der Waals surface area contributed by atoms with Gasteiger partial charge in [0.15, 0.2) is 5.13 Å². The Balaban J connectivity index is 1.46. The normalized spacial score (nSPS) is 16.5. The first-order valence-electron chi connectivity index (χ1n) is 10.2. The molecular weight excluding hydrogens is 372 g/mol. The predicted octanol–water partition coefficient (Wildman–Crippen LogP) is 3.57. The van der Waals surface area contributed by atoms with Crippen molar-refractivity contribution in [2.75, 3.05) is 25.0 Å². The van der Waals surface area contributed by atoms with Gasteiger partial charge in [-0.25, -0.2) is 4.98 Å². The Morgan fingerprint density at radius 1 is 1.21 bits per heavy atom. The third-order valence-electron chi connectivity index (χ3n) is 5.25. The monoisotopic (exact) mass is 402 g/mol. The predicted molar refractivity (Wildman–Crippen MR) is 115 cm³/mol. The van der Waals surface area contributed by atoms with Crippen molar-refractivity contribution in [3.63, 3.8) is 0 Å². The number of hydrogen-bond acceptors (Lipinski definition) is 5. The van der Waals surface area contributed by atoms with E-state index in [0.717, 1.165) is 22.2 Å². The molecule has 1 atom stereocenters. The maximum atomic E-state index is 12.3. The maximum Gasteiger partial charge on any atom is 0.224 e. The van der Waals surface area contributed by atoms with Gasteiger partial charge in [-0.05, 0) is 57.0 Å². The summed E-state index contributed by atoms with van der Waals surface area (Å²) < 4.78 is 0.976. The van der Waals surface area contributed by atoms with Crippen LogP contribution in [0.3, 0.4) is 0 Å². The van der Waals surface area contributed by atoms with Crippen LogP contribution in [0.25, 0.3) is 10.2 Å². The number of carbonyl (C=O) groups is 2. The first-order valence-corrected chi connectivity index (χ1v) is 11.0. The number of amides is 2. The van der Waals surface area contributed by atoms with Gasteiger partial charge in [0, 0.05) is 19.5 Å². The molecule has 1 saturated heterocycles. The highest BCUT2D eigenvalue weighted by atomic mass is 32.1. The molecule has 0 bridgehead atoms. The number of anilines is 1. The molecule has 0 radical (unpaired) electrons. The van der Waals surface area contributed by atoms with E-state index in [1.54, 1.807) is 0 Å². The zero-order chi connectivity index (χ0) is 19.9. The summed E-state index contributed by atoms with van der Waals surface area (Å²) in [5, 5.41) is 6.36. The lowest BCUT2D eigenvalue weighted by Crippen LogP contribution is -2.37. The first kappa shape index (κ1) is 20.7. The summed E-state index contributed by atoms with van der Waals surface area (Å²) in [6.07, 6.45) is 6.62. The average Bonchev–Trinajstić information content (AvgIpc) is 2.85. The minimum absolute atomic E-state index is 0.0500. The SMILES string of the molecule is CC(=O)Nc1nc2ccc(CC(=O)NCCC(C)N3CCCCCC3)cc2s1. The number of likely N-dealkylation sites (tertiary alicyclic amines) is 1. The molecule has 7 heteroatoms. The topological polar surface area (TPSA) is 74.3 Å². The van der Waals surface area contributed by atoms with Gasteiger partial charge < -0.3 is 15.5 Å².